The van der Waals surface area contributed by atoms with Crippen LogP contribution in [0.2, 0.25) is 0 Å². The smallest absolute Gasteiger partial charge is 0.306 e. The fraction of sp³-hybridized carbons (Fsp3) is 0.909. The van der Waals surface area contributed by atoms with Crippen LogP contribution in [0.3, 0.4) is 0 Å². The molecule has 2 unspecified atom stereocenters. The Hall–Kier alpha value is -0.600. The SMILES string of the molecule is CCCCCCC(F)CC(C)C(=O)O. The minimum Gasteiger partial charge on any atom is -0.481 e. The lowest BCUT2D eigenvalue weighted by Gasteiger charge is -2.10. The molecule has 0 fully saturated rings. The Bertz CT molecular complexity index is 159. The van der Waals surface area contributed by atoms with Crippen LogP contribution in [0, 0.1) is 5.92 Å². The van der Waals surface area contributed by atoms with Crippen LogP contribution in [0.5, 0.6) is 0 Å². The molecule has 14 heavy (non-hydrogen) atoms. The maximum Gasteiger partial charge on any atom is 0.306 e. The molecule has 0 amide bonds. The molecule has 0 aliphatic carbocycles. The van der Waals surface area contributed by atoms with E-state index in [4.69, 9.17) is 5.11 Å². The zero-order valence-corrected chi connectivity index (χ0v) is 9.13. The van der Waals surface area contributed by atoms with E-state index in [0.29, 0.717) is 6.42 Å². The first-order chi connectivity index (χ1) is 6.57. The van der Waals surface area contributed by atoms with Gasteiger partial charge in [0.2, 0.25) is 0 Å². The number of hydrogen-bond acceptors (Lipinski definition) is 1. The van der Waals surface area contributed by atoms with Crippen LogP contribution in [0.15, 0.2) is 0 Å². The van der Waals surface area contributed by atoms with Gasteiger partial charge in [-0.25, -0.2) is 4.39 Å². The minimum absolute atomic E-state index is 0.154. The fourth-order valence-corrected chi connectivity index (χ4v) is 1.39. The van der Waals surface area contributed by atoms with E-state index in [-0.39, 0.29) is 6.42 Å². The van der Waals surface area contributed by atoms with Crippen molar-refractivity contribution in [3.63, 3.8) is 0 Å². The molecule has 2 nitrogen and oxygen atoms in total. The summed E-state index contributed by atoms with van der Waals surface area (Å²) >= 11 is 0. The molecular weight excluding hydrogens is 183 g/mol. The normalized spacial score (nSPS) is 15.1. The van der Waals surface area contributed by atoms with Gasteiger partial charge < -0.3 is 5.11 Å². The maximum atomic E-state index is 13.2. The molecule has 2 atom stereocenters. The van der Waals surface area contributed by atoms with Crippen molar-refractivity contribution in [2.24, 2.45) is 5.92 Å². The number of carbonyl (C=O) groups is 1. The molecule has 0 radical (unpaired) electrons. The fourth-order valence-electron chi connectivity index (χ4n) is 1.39. The van der Waals surface area contributed by atoms with E-state index in [1.807, 2.05) is 0 Å². The summed E-state index contributed by atoms with van der Waals surface area (Å²) in [5, 5.41) is 8.57. The van der Waals surface area contributed by atoms with E-state index in [0.717, 1.165) is 25.7 Å². The van der Waals surface area contributed by atoms with Gasteiger partial charge in [-0.05, 0) is 12.8 Å². The second-order valence-electron chi connectivity index (χ2n) is 3.92. The summed E-state index contributed by atoms with van der Waals surface area (Å²) in [6.07, 6.45) is 3.93. The zero-order valence-electron chi connectivity index (χ0n) is 9.13. The summed E-state index contributed by atoms with van der Waals surface area (Å²) in [5.74, 6) is -1.46. The van der Waals surface area contributed by atoms with Crippen molar-refractivity contribution in [1.82, 2.24) is 0 Å². The highest BCUT2D eigenvalue weighted by Gasteiger charge is 2.16. The van der Waals surface area contributed by atoms with Crippen LogP contribution < -0.4 is 0 Å². The van der Waals surface area contributed by atoms with Crippen LogP contribution in [0.4, 0.5) is 4.39 Å². The van der Waals surface area contributed by atoms with Crippen molar-refractivity contribution < 1.29 is 14.3 Å². The predicted molar refractivity (Wildman–Crippen MR) is 55.1 cm³/mol. The number of rotatable bonds is 8. The summed E-state index contributed by atoms with van der Waals surface area (Å²) in [7, 11) is 0. The van der Waals surface area contributed by atoms with Gasteiger partial charge in [0, 0.05) is 0 Å². The molecule has 0 aromatic carbocycles. The van der Waals surface area contributed by atoms with Crippen molar-refractivity contribution in [3.8, 4) is 0 Å². The van der Waals surface area contributed by atoms with Gasteiger partial charge in [0.15, 0.2) is 0 Å². The highest BCUT2D eigenvalue weighted by atomic mass is 19.1. The molecule has 3 heteroatoms. The number of carboxylic acid groups (broad SMARTS) is 1. The number of aliphatic carboxylic acids is 1. The summed E-state index contributed by atoms with van der Waals surface area (Å²) in [5.41, 5.74) is 0. The molecule has 0 aromatic heterocycles. The summed E-state index contributed by atoms with van der Waals surface area (Å²) in [6, 6.07) is 0. The third kappa shape index (κ3) is 6.87. The lowest BCUT2D eigenvalue weighted by atomic mass is 10.0. The lowest BCUT2D eigenvalue weighted by molar-refractivity contribution is -0.141. The highest BCUT2D eigenvalue weighted by Crippen LogP contribution is 2.15. The standard InChI is InChI=1S/C11H21FO2/c1-3-4-5-6-7-10(12)8-9(2)11(13)14/h9-10H,3-8H2,1-2H3,(H,13,14). The van der Waals surface area contributed by atoms with Gasteiger partial charge in [0.1, 0.15) is 6.17 Å². The molecule has 0 heterocycles. The van der Waals surface area contributed by atoms with Gasteiger partial charge in [-0.15, -0.1) is 0 Å². The first-order valence-electron chi connectivity index (χ1n) is 5.44. The molecule has 0 aromatic rings. The van der Waals surface area contributed by atoms with E-state index in [2.05, 4.69) is 6.92 Å². The van der Waals surface area contributed by atoms with Gasteiger partial charge >= 0.3 is 5.97 Å². The largest absolute Gasteiger partial charge is 0.481 e. The topological polar surface area (TPSA) is 37.3 Å². The molecule has 84 valence electrons. The van der Waals surface area contributed by atoms with Crippen molar-refractivity contribution in [2.45, 2.75) is 58.5 Å². The first kappa shape index (κ1) is 13.4. The van der Waals surface area contributed by atoms with E-state index in [9.17, 15) is 9.18 Å². The Morgan fingerprint density at radius 1 is 1.36 bits per heavy atom. The van der Waals surface area contributed by atoms with Gasteiger partial charge in [-0.3, -0.25) is 4.79 Å². The number of unbranched alkanes of at least 4 members (excludes halogenated alkanes) is 3. The van der Waals surface area contributed by atoms with Crippen molar-refractivity contribution >= 4 is 5.97 Å². The summed E-state index contributed by atoms with van der Waals surface area (Å²) in [6.45, 7) is 3.67. The van der Waals surface area contributed by atoms with Gasteiger partial charge in [0.05, 0.1) is 5.92 Å². The quantitative estimate of drug-likeness (QED) is 0.615. The van der Waals surface area contributed by atoms with E-state index >= 15 is 0 Å². The molecule has 0 saturated heterocycles. The molecule has 0 spiro atoms. The van der Waals surface area contributed by atoms with Crippen LogP contribution in [0.25, 0.3) is 0 Å². The van der Waals surface area contributed by atoms with Crippen LogP contribution in [-0.2, 0) is 4.79 Å². The lowest BCUT2D eigenvalue weighted by Crippen LogP contribution is -2.15. The average Bonchev–Trinajstić information content (AvgIpc) is 2.12. The van der Waals surface area contributed by atoms with Crippen molar-refractivity contribution in [1.29, 1.82) is 0 Å². The second kappa shape index (κ2) is 7.77. The van der Waals surface area contributed by atoms with Crippen LogP contribution in [0.1, 0.15) is 52.4 Å². The molecule has 1 N–H and O–H groups in total. The van der Waals surface area contributed by atoms with Gasteiger partial charge in [0.25, 0.3) is 0 Å². The van der Waals surface area contributed by atoms with E-state index in [1.165, 1.54) is 0 Å². The minimum atomic E-state index is -0.946. The monoisotopic (exact) mass is 204 g/mol. The summed E-state index contributed by atoms with van der Waals surface area (Å²) in [4.78, 5) is 10.4. The Morgan fingerprint density at radius 3 is 2.50 bits per heavy atom. The zero-order chi connectivity index (χ0) is 11.0. The van der Waals surface area contributed by atoms with Gasteiger partial charge in [-0.2, -0.15) is 0 Å². The van der Waals surface area contributed by atoms with Crippen molar-refractivity contribution in [3.05, 3.63) is 0 Å². The van der Waals surface area contributed by atoms with Crippen LogP contribution in [-0.4, -0.2) is 17.2 Å². The Kier molecular flexibility index (Phi) is 7.44. The molecule has 0 aliphatic heterocycles. The average molecular weight is 204 g/mol. The molecule has 0 saturated carbocycles. The number of carboxylic acids is 1. The molecular formula is C11H21FO2. The Labute approximate surface area is 85.5 Å². The number of hydrogen-bond donors (Lipinski definition) is 1. The van der Waals surface area contributed by atoms with Crippen molar-refractivity contribution in [2.75, 3.05) is 0 Å². The van der Waals surface area contributed by atoms with Crippen LogP contribution >= 0.6 is 0 Å². The third-order valence-corrected chi connectivity index (χ3v) is 2.40. The first-order valence-corrected chi connectivity index (χ1v) is 5.44. The third-order valence-electron chi connectivity index (χ3n) is 2.40. The number of alkyl halides is 1. The molecule has 0 bridgehead atoms. The van der Waals surface area contributed by atoms with E-state index in [1.54, 1.807) is 6.92 Å². The number of halogens is 1. The molecule has 0 aliphatic rings. The molecule has 0 rings (SSSR count). The maximum absolute atomic E-state index is 13.2. The second-order valence-corrected chi connectivity index (χ2v) is 3.92. The Balaban J connectivity index is 3.45. The predicted octanol–water partition coefficient (Wildman–Crippen LogP) is 3.41. The Morgan fingerprint density at radius 2 is 2.00 bits per heavy atom. The summed E-state index contributed by atoms with van der Waals surface area (Å²) < 4.78 is 13.2. The highest BCUT2D eigenvalue weighted by molar-refractivity contribution is 5.69. The van der Waals surface area contributed by atoms with Gasteiger partial charge in [-0.1, -0.05) is 39.5 Å². The van der Waals surface area contributed by atoms with E-state index < -0.39 is 18.1 Å².